The van der Waals surface area contributed by atoms with Crippen LogP contribution in [0.4, 0.5) is 14.5 Å². The highest BCUT2D eigenvalue weighted by molar-refractivity contribution is 5.95. The monoisotopic (exact) mass is 268 g/mol. The first-order valence-electron chi connectivity index (χ1n) is 6.51. The average molecular weight is 268 g/mol. The van der Waals surface area contributed by atoms with E-state index in [1.54, 1.807) is 0 Å². The number of anilines is 1. The summed E-state index contributed by atoms with van der Waals surface area (Å²) in [7, 11) is 0. The number of hydrogen-bond acceptors (Lipinski definition) is 2. The van der Waals surface area contributed by atoms with Crippen LogP contribution >= 0.6 is 0 Å². The van der Waals surface area contributed by atoms with Crippen molar-refractivity contribution in [2.75, 3.05) is 12.3 Å². The summed E-state index contributed by atoms with van der Waals surface area (Å²) in [4.78, 5) is 11.9. The van der Waals surface area contributed by atoms with E-state index < -0.39 is 17.5 Å². The Morgan fingerprint density at radius 2 is 2.16 bits per heavy atom. The Morgan fingerprint density at radius 1 is 1.42 bits per heavy atom. The predicted molar refractivity (Wildman–Crippen MR) is 69.6 cm³/mol. The number of rotatable bonds is 3. The third kappa shape index (κ3) is 3.03. The molecule has 1 saturated carbocycles. The number of carbonyl (C=O) groups is 1. The van der Waals surface area contributed by atoms with E-state index in [0.29, 0.717) is 18.4 Å². The van der Waals surface area contributed by atoms with Crippen LogP contribution in [-0.2, 0) is 0 Å². The van der Waals surface area contributed by atoms with Gasteiger partial charge in [-0.2, -0.15) is 0 Å². The lowest BCUT2D eigenvalue weighted by atomic mass is 9.98. The van der Waals surface area contributed by atoms with Gasteiger partial charge in [-0.05, 0) is 30.4 Å². The fraction of sp³-hybridized carbons (Fsp3) is 0.500. The highest BCUT2D eigenvalue weighted by Crippen LogP contribution is 2.30. The number of halogens is 2. The minimum absolute atomic E-state index is 0.330. The van der Waals surface area contributed by atoms with Gasteiger partial charge in [0.15, 0.2) is 5.82 Å². The largest absolute Gasteiger partial charge is 0.396 e. The van der Waals surface area contributed by atoms with E-state index in [-0.39, 0.29) is 11.3 Å². The summed E-state index contributed by atoms with van der Waals surface area (Å²) in [6.45, 7) is 2.64. The molecule has 1 aliphatic carbocycles. The van der Waals surface area contributed by atoms with E-state index in [1.165, 1.54) is 0 Å². The molecule has 0 spiro atoms. The third-order valence-corrected chi connectivity index (χ3v) is 3.87. The molecule has 2 rings (SSSR count). The lowest BCUT2D eigenvalue weighted by molar-refractivity contribution is 0.0940. The summed E-state index contributed by atoms with van der Waals surface area (Å²) >= 11 is 0. The van der Waals surface area contributed by atoms with Gasteiger partial charge in [0, 0.05) is 6.54 Å². The Bertz CT molecular complexity index is 491. The van der Waals surface area contributed by atoms with Crippen LogP contribution in [0.5, 0.6) is 0 Å². The van der Waals surface area contributed by atoms with Gasteiger partial charge < -0.3 is 11.1 Å². The molecular formula is C14H18F2N2O. The molecular weight excluding hydrogens is 250 g/mol. The second-order valence-electron chi connectivity index (χ2n) is 5.23. The van der Waals surface area contributed by atoms with Crippen LogP contribution in [0.3, 0.4) is 0 Å². The standard InChI is InChI=1S/C14H18F2N2O/c1-8-3-2-4-9(8)7-18-14(19)11-5-10(15)6-12(17)13(11)16/h5-6,8-9H,2-4,7,17H2,1H3,(H,18,19). The number of nitrogens with two attached hydrogens (primary N) is 1. The van der Waals surface area contributed by atoms with Gasteiger partial charge in [0.25, 0.3) is 5.91 Å². The Morgan fingerprint density at radius 3 is 2.79 bits per heavy atom. The first-order chi connectivity index (χ1) is 8.99. The second kappa shape index (κ2) is 5.55. The summed E-state index contributed by atoms with van der Waals surface area (Å²) in [6.07, 6.45) is 3.38. The Kier molecular flexibility index (Phi) is 4.02. The number of benzene rings is 1. The maximum Gasteiger partial charge on any atom is 0.254 e. The zero-order chi connectivity index (χ0) is 14.0. The van der Waals surface area contributed by atoms with Crippen molar-refractivity contribution in [1.29, 1.82) is 0 Å². The second-order valence-corrected chi connectivity index (χ2v) is 5.23. The van der Waals surface area contributed by atoms with Crippen LogP contribution in [0, 0.1) is 23.5 Å². The molecule has 1 aromatic rings. The smallest absolute Gasteiger partial charge is 0.254 e. The maximum absolute atomic E-state index is 13.7. The number of nitrogens with one attached hydrogen (secondary N) is 1. The molecule has 1 amide bonds. The minimum atomic E-state index is -0.863. The van der Waals surface area contributed by atoms with Crippen LogP contribution in [0.25, 0.3) is 0 Å². The molecule has 0 heterocycles. The zero-order valence-corrected chi connectivity index (χ0v) is 10.9. The molecule has 0 aromatic heterocycles. The highest BCUT2D eigenvalue weighted by atomic mass is 19.1. The van der Waals surface area contributed by atoms with Crippen LogP contribution < -0.4 is 11.1 Å². The summed E-state index contributed by atoms with van der Waals surface area (Å²) < 4.78 is 26.8. The SMILES string of the molecule is CC1CCCC1CNC(=O)c1cc(F)cc(N)c1F. The van der Waals surface area contributed by atoms with Gasteiger partial charge in [-0.25, -0.2) is 8.78 Å². The molecule has 0 bridgehead atoms. The average Bonchev–Trinajstić information content (AvgIpc) is 2.76. The van der Waals surface area contributed by atoms with E-state index in [0.717, 1.165) is 31.4 Å². The number of carbonyl (C=O) groups excluding carboxylic acids is 1. The van der Waals surface area contributed by atoms with Crippen LogP contribution in [-0.4, -0.2) is 12.5 Å². The summed E-state index contributed by atoms with van der Waals surface area (Å²) in [5.74, 6) is -1.21. The third-order valence-electron chi connectivity index (χ3n) is 3.87. The van der Waals surface area contributed by atoms with Gasteiger partial charge in [-0.3, -0.25) is 4.79 Å². The molecule has 104 valence electrons. The van der Waals surface area contributed by atoms with Gasteiger partial charge in [-0.15, -0.1) is 0 Å². The highest BCUT2D eigenvalue weighted by Gasteiger charge is 2.24. The molecule has 2 atom stereocenters. The molecule has 2 unspecified atom stereocenters. The van der Waals surface area contributed by atoms with Gasteiger partial charge >= 0.3 is 0 Å². The molecule has 0 saturated heterocycles. The zero-order valence-electron chi connectivity index (χ0n) is 10.9. The van der Waals surface area contributed by atoms with Gasteiger partial charge in [-0.1, -0.05) is 19.8 Å². The van der Waals surface area contributed by atoms with Crippen molar-refractivity contribution in [1.82, 2.24) is 5.32 Å². The predicted octanol–water partition coefficient (Wildman–Crippen LogP) is 2.71. The van der Waals surface area contributed by atoms with Gasteiger partial charge in [0.05, 0.1) is 11.3 Å². The van der Waals surface area contributed by atoms with Crippen LogP contribution in [0.2, 0.25) is 0 Å². The van der Waals surface area contributed by atoms with Crippen molar-refractivity contribution in [2.45, 2.75) is 26.2 Å². The fourth-order valence-corrected chi connectivity index (χ4v) is 2.62. The van der Waals surface area contributed by atoms with Crippen LogP contribution in [0.1, 0.15) is 36.5 Å². The Hall–Kier alpha value is -1.65. The van der Waals surface area contributed by atoms with E-state index in [2.05, 4.69) is 12.2 Å². The topological polar surface area (TPSA) is 55.1 Å². The molecule has 3 N–H and O–H groups in total. The first-order valence-corrected chi connectivity index (χ1v) is 6.51. The number of nitrogen functional groups attached to an aromatic ring is 1. The Labute approximate surface area is 111 Å². The van der Waals surface area contributed by atoms with Gasteiger partial charge in [0.1, 0.15) is 5.82 Å². The van der Waals surface area contributed by atoms with Crippen molar-refractivity contribution in [3.05, 3.63) is 29.3 Å². The molecule has 0 radical (unpaired) electrons. The number of hydrogen-bond donors (Lipinski definition) is 2. The molecule has 5 heteroatoms. The summed E-state index contributed by atoms with van der Waals surface area (Å²) in [5.41, 5.74) is 4.63. The molecule has 19 heavy (non-hydrogen) atoms. The Balaban J connectivity index is 2.04. The van der Waals surface area contributed by atoms with E-state index in [1.807, 2.05) is 0 Å². The number of amides is 1. The van der Waals surface area contributed by atoms with Crippen LogP contribution in [0.15, 0.2) is 12.1 Å². The lowest BCUT2D eigenvalue weighted by Gasteiger charge is -2.16. The van der Waals surface area contributed by atoms with Gasteiger partial charge in [0.2, 0.25) is 0 Å². The van der Waals surface area contributed by atoms with Crippen molar-refractivity contribution in [3.8, 4) is 0 Å². The normalized spacial score (nSPS) is 22.5. The van der Waals surface area contributed by atoms with E-state index >= 15 is 0 Å². The fourth-order valence-electron chi connectivity index (χ4n) is 2.62. The minimum Gasteiger partial charge on any atom is -0.396 e. The van der Waals surface area contributed by atoms with Crippen molar-refractivity contribution in [2.24, 2.45) is 11.8 Å². The first kappa shape index (κ1) is 13.8. The van der Waals surface area contributed by atoms with Crippen molar-refractivity contribution >= 4 is 11.6 Å². The molecule has 1 aliphatic rings. The van der Waals surface area contributed by atoms with Crippen molar-refractivity contribution in [3.63, 3.8) is 0 Å². The lowest BCUT2D eigenvalue weighted by Crippen LogP contribution is -2.31. The maximum atomic E-state index is 13.7. The molecule has 3 nitrogen and oxygen atoms in total. The molecule has 0 aliphatic heterocycles. The quantitative estimate of drug-likeness (QED) is 0.828. The van der Waals surface area contributed by atoms with E-state index in [9.17, 15) is 13.6 Å². The molecule has 1 aromatic carbocycles. The van der Waals surface area contributed by atoms with Crippen molar-refractivity contribution < 1.29 is 13.6 Å². The summed E-state index contributed by atoms with van der Waals surface area (Å²) in [6, 6.07) is 1.74. The van der Waals surface area contributed by atoms with E-state index in [4.69, 9.17) is 5.73 Å². The summed E-state index contributed by atoms with van der Waals surface area (Å²) in [5, 5.41) is 2.67. The molecule has 1 fully saturated rings.